The fourth-order valence-electron chi connectivity index (χ4n) is 1.46. The van der Waals surface area contributed by atoms with Gasteiger partial charge in [0.2, 0.25) is 0 Å². The molecule has 0 bridgehead atoms. The molecule has 0 spiro atoms. The van der Waals surface area contributed by atoms with Crippen LogP contribution in [-0.4, -0.2) is 9.97 Å². The van der Waals surface area contributed by atoms with Crippen molar-refractivity contribution in [3.05, 3.63) is 46.2 Å². The van der Waals surface area contributed by atoms with E-state index in [-0.39, 0.29) is 6.04 Å². The molecule has 1 atom stereocenters. The molecule has 4 nitrogen and oxygen atoms in total. The standard InChI is InChI=1S/C10H12N4S/c1-7-10(15-6-13-7)9(14-11)8-3-2-4-12-5-8/h2-6,9,14H,11H2,1H3. The number of nitrogens with one attached hydrogen (secondary N) is 1. The van der Waals surface area contributed by atoms with E-state index in [0.29, 0.717) is 0 Å². The second-order valence-electron chi connectivity index (χ2n) is 3.19. The Hall–Kier alpha value is -1.30. The van der Waals surface area contributed by atoms with Crippen molar-refractivity contribution in [2.45, 2.75) is 13.0 Å². The molecule has 0 amide bonds. The molecule has 0 saturated carbocycles. The summed E-state index contributed by atoms with van der Waals surface area (Å²) in [6, 6.07) is 3.87. The summed E-state index contributed by atoms with van der Waals surface area (Å²) < 4.78 is 0. The number of pyridine rings is 1. The Morgan fingerprint density at radius 3 is 2.93 bits per heavy atom. The van der Waals surface area contributed by atoms with E-state index in [1.54, 1.807) is 17.5 Å². The maximum absolute atomic E-state index is 5.57. The average Bonchev–Trinajstić information content (AvgIpc) is 2.68. The van der Waals surface area contributed by atoms with Crippen molar-refractivity contribution in [1.82, 2.24) is 15.4 Å². The predicted octanol–water partition coefficient (Wildman–Crippen LogP) is 1.40. The van der Waals surface area contributed by atoms with Gasteiger partial charge in [-0.25, -0.2) is 10.4 Å². The van der Waals surface area contributed by atoms with Crippen LogP contribution in [0.1, 0.15) is 22.2 Å². The molecule has 0 aliphatic rings. The molecule has 0 radical (unpaired) electrons. The van der Waals surface area contributed by atoms with Gasteiger partial charge in [0.1, 0.15) is 0 Å². The highest BCUT2D eigenvalue weighted by Crippen LogP contribution is 2.26. The second kappa shape index (κ2) is 4.48. The summed E-state index contributed by atoms with van der Waals surface area (Å²) >= 11 is 1.60. The molecule has 15 heavy (non-hydrogen) atoms. The van der Waals surface area contributed by atoms with E-state index in [4.69, 9.17) is 5.84 Å². The first kappa shape index (κ1) is 10.2. The van der Waals surface area contributed by atoms with Crippen molar-refractivity contribution in [2.75, 3.05) is 0 Å². The van der Waals surface area contributed by atoms with E-state index in [2.05, 4.69) is 15.4 Å². The molecule has 2 aromatic heterocycles. The second-order valence-corrected chi connectivity index (χ2v) is 4.07. The fourth-order valence-corrected chi connectivity index (χ4v) is 2.35. The summed E-state index contributed by atoms with van der Waals surface area (Å²) in [6.45, 7) is 1.98. The van der Waals surface area contributed by atoms with Crippen molar-refractivity contribution >= 4 is 11.3 Å². The minimum absolute atomic E-state index is 0.0220. The average molecular weight is 220 g/mol. The van der Waals surface area contributed by atoms with E-state index in [0.717, 1.165) is 16.1 Å². The quantitative estimate of drug-likeness (QED) is 0.606. The summed E-state index contributed by atoms with van der Waals surface area (Å²) in [5.41, 5.74) is 6.67. The van der Waals surface area contributed by atoms with Crippen LogP contribution in [0.15, 0.2) is 30.0 Å². The Kier molecular flexibility index (Phi) is 3.05. The zero-order chi connectivity index (χ0) is 10.7. The number of thiazole rings is 1. The monoisotopic (exact) mass is 220 g/mol. The Balaban J connectivity index is 2.37. The Bertz CT molecular complexity index is 426. The van der Waals surface area contributed by atoms with Gasteiger partial charge in [-0.2, -0.15) is 0 Å². The number of aryl methyl sites for hydroxylation is 1. The molecule has 0 aromatic carbocycles. The first-order chi connectivity index (χ1) is 7.33. The number of hydrogen-bond acceptors (Lipinski definition) is 5. The molecule has 0 aliphatic heterocycles. The van der Waals surface area contributed by atoms with Gasteiger partial charge >= 0.3 is 0 Å². The van der Waals surface area contributed by atoms with E-state index in [1.807, 2.05) is 30.8 Å². The van der Waals surface area contributed by atoms with Gasteiger partial charge in [0, 0.05) is 12.4 Å². The molecule has 78 valence electrons. The van der Waals surface area contributed by atoms with Gasteiger partial charge in [0.25, 0.3) is 0 Å². The third-order valence-electron chi connectivity index (χ3n) is 2.23. The molecule has 3 N–H and O–H groups in total. The lowest BCUT2D eigenvalue weighted by Crippen LogP contribution is -2.28. The lowest BCUT2D eigenvalue weighted by Gasteiger charge is -2.14. The van der Waals surface area contributed by atoms with Crippen molar-refractivity contribution < 1.29 is 0 Å². The van der Waals surface area contributed by atoms with Crippen molar-refractivity contribution in [3.8, 4) is 0 Å². The van der Waals surface area contributed by atoms with Crippen LogP contribution in [0.5, 0.6) is 0 Å². The van der Waals surface area contributed by atoms with Gasteiger partial charge in [0.15, 0.2) is 0 Å². The number of nitrogens with two attached hydrogens (primary N) is 1. The molecule has 1 unspecified atom stereocenters. The lowest BCUT2D eigenvalue weighted by molar-refractivity contribution is 0.640. The Labute approximate surface area is 92.2 Å². The van der Waals surface area contributed by atoms with Crippen molar-refractivity contribution in [3.63, 3.8) is 0 Å². The molecule has 0 saturated heterocycles. The number of aromatic nitrogens is 2. The topological polar surface area (TPSA) is 63.8 Å². The molecule has 0 aliphatic carbocycles. The first-order valence-electron chi connectivity index (χ1n) is 4.59. The van der Waals surface area contributed by atoms with Crippen molar-refractivity contribution in [2.24, 2.45) is 5.84 Å². The predicted molar refractivity (Wildman–Crippen MR) is 60.3 cm³/mol. The maximum Gasteiger partial charge on any atom is 0.0836 e. The van der Waals surface area contributed by atoms with E-state index >= 15 is 0 Å². The minimum Gasteiger partial charge on any atom is -0.271 e. The largest absolute Gasteiger partial charge is 0.271 e. The molecular formula is C10H12N4S. The summed E-state index contributed by atoms with van der Waals surface area (Å²) in [4.78, 5) is 9.43. The van der Waals surface area contributed by atoms with E-state index in [1.165, 1.54) is 0 Å². The molecule has 5 heteroatoms. The SMILES string of the molecule is Cc1ncsc1C(NN)c1cccnc1. The van der Waals surface area contributed by atoms with Gasteiger partial charge in [0.05, 0.1) is 22.1 Å². The number of rotatable bonds is 3. The summed E-state index contributed by atoms with van der Waals surface area (Å²) in [5, 5.41) is 0. The smallest absolute Gasteiger partial charge is 0.0836 e. The zero-order valence-electron chi connectivity index (χ0n) is 8.34. The summed E-state index contributed by atoms with van der Waals surface area (Å²) in [6.07, 6.45) is 3.56. The van der Waals surface area contributed by atoms with Crippen LogP contribution in [0.25, 0.3) is 0 Å². The molecule has 2 rings (SSSR count). The van der Waals surface area contributed by atoms with Crippen LogP contribution >= 0.6 is 11.3 Å². The normalized spacial score (nSPS) is 12.7. The van der Waals surface area contributed by atoms with Crippen LogP contribution in [0.3, 0.4) is 0 Å². The van der Waals surface area contributed by atoms with E-state index < -0.39 is 0 Å². The van der Waals surface area contributed by atoms with Gasteiger partial charge < -0.3 is 0 Å². The summed E-state index contributed by atoms with van der Waals surface area (Å²) in [5.74, 6) is 5.57. The Morgan fingerprint density at radius 2 is 2.40 bits per heavy atom. The van der Waals surface area contributed by atoms with Gasteiger partial charge in [-0.1, -0.05) is 6.07 Å². The molecular weight excluding hydrogens is 208 g/mol. The number of nitrogens with zero attached hydrogens (tertiary/aromatic N) is 2. The fraction of sp³-hybridized carbons (Fsp3) is 0.200. The Morgan fingerprint density at radius 1 is 1.53 bits per heavy atom. The van der Waals surface area contributed by atoms with Crippen LogP contribution in [-0.2, 0) is 0 Å². The molecule has 2 heterocycles. The van der Waals surface area contributed by atoms with Crippen molar-refractivity contribution in [1.29, 1.82) is 0 Å². The molecule has 2 aromatic rings. The van der Waals surface area contributed by atoms with Gasteiger partial charge in [-0.05, 0) is 18.6 Å². The third kappa shape index (κ3) is 2.04. The summed E-state index contributed by atoms with van der Waals surface area (Å²) in [7, 11) is 0. The maximum atomic E-state index is 5.57. The van der Waals surface area contributed by atoms with E-state index in [9.17, 15) is 0 Å². The van der Waals surface area contributed by atoms with Crippen LogP contribution in [0.4, 0.5) is 0 Å². The highest BCUT2D eigenvalue weighted by molar-refractivity contribution is 7.09. The minimum atomic E-state index is -0.0220. The van der Waals surface area contributed by atoms with Crippen LogP contribution < -0.4 is 11.3 Å². The third-order valence-corrected chi connectivity index (χ3v) is 3.23. The molecule has 0 fully saturated rings. The first-order valence-corrected chi connectivity index (χ1v) is 5.47. The van der Waals surface area contributed by atoms with Crippen LogP contribution in [0.2, 0.25) is 0 Å². The van der Waals surface area contributed by atoms with Gasteiger partial charge in [-0.3, -0.25) is 10.8 Å². The van der Waals surface area contributed by atoms with Gasteiger partial charge in [-0.15, -0.1) is 11.3 Å². The lowest BCUT2D eigenvalue weighted by atomic mass is 10.1. The number of hydrogen-bond donors (Lipinski definition) is 2. The highest BCUT2D eigenvalue weighted by Gasteiger charge is 2.16. The van der Waals surface area contributed by atoms with Crippen LogP contribution in [0, 0.1) is 6.92 Å². The number of hydrazine groups is 1. The highest BCUT2D eigenvalue weighted by atomic mass is 32.1. The zero-order valence-corrected chi connectivity index (χ0v) is 9.16.